The molecule has 0 aromatic heterocycles. The van der Waals surface area contributed by atoms with Gasteiger partial charge in [-0.3, -0.25) is 20.2 Å². The van der Waals surface area contributed by atoms with Gasteiger partial charge in [0.2, 0.25) is 0 Å². The van der Waals surface area contributed by atoms with Crippen LogP contribution < -0.4 is 10.6 Å². The molecular formula is C4H3N2O2PS. The summed E-state index contributed by atoms with van der Waals surface area (Å²) >= 11 is 4.51. The molecule has 0 aromatic carbocycles. The van der Waals surface area contributed by atoms with E-state index in [4.69, 9.17) is 0 Å². The van der Waals surface area contributed by atoms with Gasteiger partial charge in [0.25, 0.3) is 11.8 Å². The van der Waals surface area contributed by atoms with Gasteiger partial charge in [-0.2, -0.15) is 0 Å². The van der Waals surface area contributed by atoms with Crippen LogP contribution in [0.3, 0.4) is 0 Å². The Bertz CT molecular complexity index is 228. The summed E-state index contributed by atoms with van der Waals surface area (Å²) in [4.78, 5) is 21.3. The van der Waals surface area contributed by atoms with Crippen molar-refractivity contribution in [2.24, 2.45) is 0 Å². The van der Waals surface area contributed by atoms with E-state index in [0.717, 1.165) is 0 Å². The fraction of sp³-hybridized carbons (Fsp3) is 0. The second-order valence-corrected chi connectivity index (χ2v) is 2.52. The Hall–Kier alpha value is -0.800. The third-order valence-electron chi connectivity index (χ3n) is 0.908. The topological polar surface area (TPSA) is 58.2 Å². The quantitative estimate of drug-likeness (QED) is 0.359. The predicted octanol–water partition coefficient (Wildman–Crippen LogP) is -1.17. The highest BCUT2D eigenvalue weighted by atomic mass is 32.1. The normalized spacial score (nSPS) is 18.4. The summed E-state index contributed by atoms with van der Waals surface area (Å²) in [5.74, 6) is -1.02. The third kappa shape index (κ3) is 1.20. The molecule has 10 heavy (non-hydrogen) atoms. The van der Waals surface area contributed by atoms with E-state index in [1.807, 2.05) is 0 Å². The highest BCUT2D eigenvalue weighted by Gasteiger charge is 2.23. The van der Waals surface area contributed by atoms with E-state index in [2.05, 4.69) is 31.7 Å². The minimum Gasteiger partial charge on any atom is -0.298 e. The van der Waals surface area contributed by atoms with E-state index in [-0.39, 0.29) is 10.4 Å². The predicted molar refractivity (Wildman–Crippen MR) is 42.2 cm³/mol. The van der Waals surface area contributed by atoms with Crippen LogP contribution in [-0.2, 0) is 9.59 Å². The molecule has 0 radical (unpaired) electrons. The molecule has 4 nitrogen and oxygen atoms in total. The van der Waals surface area contributed by atoms with Crippen LogP contribution in [0.5, 0.6) is 0 Å². The Labute approximate surface area is 64.2 Å². The smallest absolute Gasteiger partial charge is 0.267 e. The molecule has 1 saturated heterocycles. The van der Waals surface area contributed by atoms with Crippen LogP contribution in [0.2, 0.25) is 0 Å². The number of amides is 2. The Morgan fingerprint density at radius 1 is 1.20 bits per heavy atom. The summed E-state index contributed by atoms with van der Waals surface area (Å²) in [6.07, 6.45) is 0. The van der Waals surface area contributed by atoms with Crippen molar-refractivity contribution in [2.45, 2.75) is 0 Å². The van der Waals surface area contributed by atoms with Gasteiger partial charge in [0.1, 0.15) is 5.29 Å². The van der Waals surface area contributed by atoms with Crippen LogP contribution in [-0.4, -0.2) is 22.2 Å². The molecule has 1 aliphatic rings. The van der Waals surface area contributed by atoms with Gasteiger partial charge in [-0.05, 0) is 12.2 Å². The maximum absolute atomic E-state index is 10.7. The monoisotopic (exact) mass is 174 g/mol. The fourth-order valence-electron chi connectivity index (χ4n) is 0.466. The lowest BCUT2D eigenvalue weighted by molar-refractivity contribution is -0.118. The molecule has 0 saturated carbocycles. The van der Waals surface area contributed by atoms with E-state index in [1.54, 1.807) is 0 Å². The summed E-state index contributed by atoms with van der Waals surface area (Å²) in [7, 11) is 2.83. The van der Waals surface area contributed by atoms with Crippen LogP contribution in [0, 0.1) is 0 Å². The van der Waals surface area contributed by atoms with Gasteiger partial charge in [-0.1, -0.05) is 0 Å². The van der Waals surface area contributed by atoms with Crippen LogP contribution >= 0.6 is 21.1 Å². The largest absolute Gasteiger partial charge is 0.298 e. The first-order chi connectivity index (χ1) is 4.61. The van der Waals surface area contributed by atoms with Crippen molar-refractivity contribution in [3.05, 3.63) is 0 Å². The van der Waals surface area contributed by atoms with Crippen molar-refractivity contribution in [1.82, 2.24) is 10.6 Å². The zero-order valence-corrected chi connectivity index (χ0v) is 6.54. The zero-order valence-electron chi connectivity index (χ0n) is 4.72. The molecule has 1 fully saturated rings. The van der Waals surface area contributed by atoms with Gasteiger partial charge < -0.3 is 0 Å². The standard InChI is InChI=1S/C4H3N2O2PS/c7-2-1(9)3(8)6-4(10)5-2/h9H,(H2,5,6,7,8,10). The molecular weight excluding hydrogens is 171 g/mol. The van der Waals surface area contributed by atoms with Crippen molar-refractivity contribution < 1.29 is 9.59 Å². The number of carbonyl (C=O) groups is 2. The van der Waals surface area contributed by atoms with E-state index in [9.17, 15) is 9.59 Å². The molecule has 52 valence electrons. The van der Waals surface area contributed by atoms with Gasteiger partial charge in [0.05, 0.1) is 0 Å². The lowest BCUT2D eigenvalue weighted by Crippen LogP contribution is -2.55. The van der Waals surface area contributed by atoms with Gasteiger partial charge in [0, 0.05) is 0 Å². The Kier molecular flexibility index (Phi) is 1.78. The molecule has 0 unspecified atom stereocenters. The fourth-order valence-corrected chi connectivity index (χ4v) is 0.776. The van der Waals surface area contributed by atoms with Crippen molar-refractivity contribution in [3.8, 4) is 0 Å². The highest BCUT2D eigenvalue weighted by Crippen LogP contribution is 1.88. The molecule has 6 heteroatoms. The number of thiocarbonyl (C=S) groups is 1. The summed E-state index contributed by atoms with van der Waals surface area (Å²) in [5, 5.41) is 4.45. The molecule has 0 aromatic rings. The highest BCUT2D eigenvalue weighted by molar-refractivity contribution is 7.80. The first-order valence-corrected chi connectivity index (χ1v) is 3.27. The van der Waals surface area contributed by atoms with Gasteiger partial charge in [-0.15, -0.1) is 8.86 Å². The zero-order chi connectivity index (χ0) is 7.72. The van der Waals surface area contributed by atoms with Crippen molar-refractivity contribution in [2.75, 3.05) is 0 Å². The maximum atomic E-state index is 10.7. The number of hydrogen-bond acceptors (Lipinski definition) is 3. The number of carbonyl (C=O) groups excluding carboxylic acids is 2. The number of hydrogen-bond donors (Lipinski definition) is 2. The van der Waals surface area contributed by atoms with Gasteiger partial charge >= 0.3 is 0 Å². The van der Waals surface area contributed by atoms with E-state index >= 15 is 0 Å². The minimum atomic E-state index is -0.509. The average molecular weight is 174 g/mol. The first-order valence-electron chi connectivity index (χ1n) is 2.36. The summed E-state index contributed by atoms with van der Waals surface area (Å²) in [5.41, 5.74) is 0. The maximum Gasteiger partial charge on any atom is 0.267 e. The van der Waals surface area contributed by atoms with Gasteiger partial charge in [0.15, 0.2) is 5.11 Å². The second kappa shape index (κ2) is 2.44. The molecule has 2 N–H and O–H groups in total. The molecule has 1 aliphatic heterocycles. The Morgan fingerprint density at radius 2 is 1.60 bits per heavy atom. The van der Waals surface area contributed by atoms with Gasteiger partial charge in [-0.25, -0.2) is 0 Å². The molecule has 0 spiro atoms. The lowest BCUT2D eigenvalue weighted by atomic mass is 10.3. The van der Waals surface area contributed by atoms with E-state index in [1.165, 1.54) is 0 Å². The molecule has 0 aliphatic carbocycles. The van der Waals surface area contributed by atoms with Crippen LogP contribution in [0.15, 0.2) is 0 Å². The molecule has 1 heterocycles. The molecule has 0 atom stereocenters. The van der Waals surface area contributed by atoms with E-state index < -0.39 is 11.8 Å². The first kappa shape index (κ1) is 7.31. The van der Waals surface area contributed by atoms with Crippen LogP contribution in [0.1, 0.15) is 0 Å². The van der Waals surface area contributed by atoms with Crippen LogP contribution in [0.4, 0.5) is 0 Å². The summed E-state index contributed by atoms with van der Waals surface area (Å²) in [6, 6.07) is 0. The lowest BCUT2D eigenvalue weighted by Gasteiger charge is -2.13. The molecule has 2 amide bonds. The second-order valence-electron chi connectivity index (χ2n) is 1.61. The minimum absolute atomic E-state index is 0.0389. The number of rotatable bonds is 0. The molecule has 1 rings (SSSR count). The van der Waals surface area contributed by atoms with Crippen molar-refractivity contribution >= 4 is 43.3 Å². The Morgan fingerprint density at radius 3 is 2.00 bits per heavy atom. The number of nitrogens with one attached hydrogen (secondary N) is 2. The SMILES string of the molecule is O=C1NC(=S)NC(=O)C1=P. The van der Waals surface area contributed by atoms with Crippen LogP contribution in [0.25, 0.3) is 0 Å². The third-order valence-corrected chi connectivity index (χ3v) is 1.57. The average Bonchev–Trinajstić information content (AvgIpc) is 1.82. The summed E-state index contributed by atoms with van der Waals surface area (Å²) < 4.78 is 0. The van der Waals surface area contributed by atoms with Crippen molar-refractivity contribution in [3.63, 3.8) is 0 Å². The summed E-state index contributed by atoms with van der Waals surface area (Å²) in [6.45, 7) is 0. The van der Waals surface area contributed by atoms with E-state index in [0.29, 0.717) is 0 Å². The molecule has 0 bridgehead atoms. The Balaban J connectivity index is 2.86. The van der Waals surface area contributed by atoms with Crippen molar-refractivity contribution in [1.29, 1.82) is 0 Å².